The van der Waals surface area contributed by atoms with Gasteiger partial charge in [0.25, 0.3) is 0 Å². The lowest BCUT2D eigenvalue weighted by molar-refractivity contribution is -0.0864. The summed E-state index contributed by atoms with van der Waals surface area (Å²) in [6.45, 7) is 5.73. The van der Waals surface area contributed by atoms with Crippen molar-refractivity contribution in [3.05, 3.63) is 30.3 Å². The van der Waals surface area contributed by atoms with Crippen LogP contribution < -0.4 is 5.32 Å². The van der Waals surface area contributed by atoms with Gasteiger partial charge in [-0.1, -0.05) is 57.2 Å². The Morgan fingerprint density at radius 1 is 1.00 bits per heavy atom. The molecule has 4 aliphatic rings. The molecule has 3 heterocycles. The van der Waals surface area contributed by atoms with Crippen LogP contribution in [0.5, 0.6) is 0 Å². The van der Waals surface area contributed by atoms with Gasteiger partial charge in [0.15, 0.2) is 0 Å². The molecule has 5 rings (SSSR count). The number of hydrogen-bond donors (Lipinski definition) is 1. The molecule has 3 aliphatic heterocycles. The van der Waals surface area contributed by atoms with Crippen LogP contribution in [-0.4, -0.2) is 67.6 Å². The van der Waals surface area contributed by atoms with Gasteiger partial charge < -0.3 is 10.1 Å². The van der Waals surface area contributed by atoms with Gasteiger partial charge in [-0.15, -0.1) is 0 Å². The first-order valence-corrected chi connectivity index (χ1v) is 16.1. The number of benzene rings is 1. The van der Waals surface area contributed by atoms with Crippen molar-refractivity contribution >= 4 is 16.1 Å². The minimum Gasteiger partial charge on any atom is -0.440 e. The quantitative estimate of drug-likeness (QED) is 0.501. The lowest BCUT2D eigenvalue weighted by Crippen LogP contribution is -2.67. The number of ether oxygens (including phenoxy) is 1. The summed E-state index contributed by atoms with van der Waals surface area (Å²) in [5.41, 5.74) is -0.841. The Morgan fingerprint density at radius 2 is 1.68 bits per heavy atom. The molecule has 206 valence electrons. The first-order chi connectivity index (χ1) is 17.9. The standard InChI is InChI=1S/C29H45N3O4S/c1-2-3-16-29(25-14-21-31(22-15-25)37(34,35)26-12-8-5-9-13-26)28(17-19-30-20-18-28)36-27(33)32(29)23-24-10-6-4-7-11-24/h5,8-9,12-13,24-25,30H,2-4,6-7,10-11,14-23H2,1H3. The first kappa shape index (κ1) is 26.9. The van der Waals surface area contributed by atoms with E-state index in [1.165, 1.54) is 32.1 Å². The van der Waals surface area contributed by atoms with Gasteiger partial charge in [-0.05, 0) is 69.2 Å². The molecule has 1 spiro atoms. The number of carbonyl (C=O) groups is 1. The molecule has 0 bridgehead atoms. The van der Waals surface area contributed by atoms with Crippen LogP contribution in [0.1, 0.15) is 84.0 Å². The summed E-state index contributed by atoms with van der Waals surface area (Å²) in [7, 11) is -3.51. The number of unbranched alkanes of at least 4 members (excludes halogenated alkanes) is 1. The van der Waals surface area contributed by atoms with Crippen molar-refractivity contribution in [3.63, 3.8) is 0 Å². The predicted octanol–water partition coefficient (Wildman–Crippen LogP) is 5.17. The second-order valence-corrected chi connectivity index (χ2v) is 13.7. The third-order valence-electron chi connectivity index (χ3n) is 9.77. The predicted molar refractivity (Wildman–Crippen MR) is 145 cm³/mol. The molecule has 3 saturated heterocycles. The van der Waals surface area contributed by atoms with Crippen LogP contribution in [0.15, 0.2) is 35.2 Å². The van der Waals surface area contributed by atoms with E-state index in [-0.39, 0.29) is 17.6 Å². The Bertz CT molecular complexity index is 1010. The number of amides is 1. The lowest BCUT2D eigenvalue weighted by atomic mass is 9.61. The van der Waals surface area contributed by atoms with E-state index in [0.717, 1.165) is 64.6 Å². The molecule has 1 saturated carbocycles. The number of carbonyl (C=O) groups excluding carboxylic acids is 1. The molecule has 0 aromatic heterocycles. The number of nitrogens with one attached hydrogen (secondary N) is 1. The summed E-state index contributed by atoms with van der Waals surface area (Å²) in [5, 5.41) is 3.49. The maximum atomic E-state index is 13.7. The van der Waals surface area contributed by atoms with E-state index in [2.05, 4.69) is 17.1 Å². The Balaban J connectivity index is 1.46. The van der Waals surface area contributed by atoms with Crippen LogP contribution in [0.2, 0.25) is 0 Å². The van der Waals surface area contributed by atoms with E-state index in [1.54, 1.807) is 28.6 Å². The van der Waals surface area contributed by atoms with Crippen LogP contribution >= 0.6 is 0 Å². The zero-order chi connectivity index (χ0) is 25.9. The summed E-state index contributed by atoms with van der Waals surface area (Å²) in [6.07, 6.45) is 12.3. The monoisotopic (exact) mass is 531 g/mol. The van der Waals surface area contributed by atoms with Gasteiger partial charge >= 0.3 is 6.09 Å². The minimum absolute atomic E-state index is 0.122. The highest BCUT2D eigenvalue weighted by Crippen LogP contribution is 2.55. The van der Waals surface area contributed by atoms with Gasteiger partial charge in [-0.25, -0.2) is 13.2 Å². The fourth-order valence-corrected chi connectivity index (χ4v) is 9.36. The van der Waals surface area contributed by atoms with Gasteiger partial charge in [0.05, 0.1) is 10.4 Å². The highest BCUT2D eigenvalue weighted by atomic mass is 32.2. The average Bonchev–Trinajstić information content (AvgIpc) is 3.15. The summed E-state index contributed by atoms with van der Waals surface area (Å²) < 4.78 is 34.9. The molecule has 1 unspecified atom stereocenters. The van der Waals surface area contributed by atoms with Crippen molar-refractivity contribution in [2.75, 3.05) is 32.7 Å². The van der Waals surface area contributed by atoms with Gasteiger partial charge in [0.1, 0.15) is 5.60 Å². The Morgan fingerprint density at radius 3 is 2.32 bits per heavy atom. The van der Waals surface area contributed by atoms with E-state index in [4.69, 9.17) is 4.74 Å². The van der Waals surface area contributed by atoms with Gasteiger partial charge in [-0.3, -0.25) is 4.90 Å². The topological polar surface area (TPSA) is 79.0 Å². The fraction of sp³-hybridized carbons (Fsp3) is 0.759. The molecule has 1 N–H and O–H groups in total. The maximum absolute atomic E-state index is 13.7. The third kappa shape index (κ3) is 4.94. The number of hydrogen-bond acceptors (Lipinski definition) is 5. The van der Waals surface area contributed by atoms with E-state index in [1.807, 2.05) is 6.07 Å². The van der Waals surface area contributed by atoms with E-state index in [9.17, 15) is 13.2 Å². The molecule has 1 atom stereocenters. The summed E-state index contributed by atoms with van der Waals surface area (Å²) >= 11 is 0. The van der Waals surface area contributed by atoms with Crippen LogP contribution in [0.25, 0.3) is 0 Å². The molecule has 7 nitrogen and oxygen atoms in total. The summed E-state index contributed by atoms with van der Waals surface area (Å²) in [4.78, 5) is 16.3. The molecular formula is C29H45N3O4S. The second-order valence-electron chi connectivity index (χ2n) is 11.7. The normalized spacial score (nSPS) is 28.0. The Kier molecular flexibility index (Phi) is 8.18. The van der Waals surface area contributed by atoms with E-state index >= 15 is 0 Å². The van der Waals surface area contributed by atoms with Crippen molar-refractivity contribution in [1.29, 1.82) is 0 Å². The fourth-order valence-electron chi connectivity index (χ4n) is 7.87. The largest absolute Gasteiger partial charge is 0.440 e. The molecule has 37 heavy (non-hydrogen) atoms. The molecular weight excluding hydrogens is 486 g/mol. The number of nitrogens with zero attached hydrogens (tertiary/aromatic N) is 2. The Labute approximate surface area is 223 Å². The van der Waals surface area contributed by atoms with Crippen molar-refractivity contribution < 1.29 is 17.9 Å². The zero-order valence-electron chi connectivity index (χ0n) is 22.5. The van der Waals surface area contributed by atoms with Crippen LogP contribution in [-0.2, 0) is 14.8 Å². The third-order valence-corrected chi connectivity index (χ3v) is 11.7. The Hall–Kier alpha value is -1.64. The molecule has 0 radical (unpaired) electrons. The van der Waals surface area contributed by atoms with Crippen LogP contribution in [0.3, 0.4) is 0 Å². The average molecular weight is 532 g/mol. The highest BCUT2D eigenvalue weighted by Gasteiger charge is 2.67. The van der Waals surface area contributed by atoms with Crippen LogP contribution in [0, 0.1) is 11.8 Å². The summed E-state index contributed by atoms with van der Waals surface area (Å²) in [6, 6.07) is 8.78. The van der Waals surface area contributed by atoms with Crippen molar-refractivity contribution in [3.8, 4) is 0 Å². The molecule has 4 fully saturated rings. The summed E-state index contributed by atoms with van der Waals surface area (Å²) in [5.74, 6) is 0.770. The van der Waals surface area contributed by atoms with Crippen LogP contribution in [0.4, 0.5) is 4.79 Å². The maximum Gasteiger partial charge on any atom is 0.411 e. The second kappa shape index (κ2) is 11.2. The number of rotatable bonds is 8. The van der Waals surface area contributed by atoms with Crippen molar-refractivity contribution in [2.45, 2.75) is 100 Å². The highest BCUT2D eigenvalue weighted by molar-refractivity contribution is 7.89. The molecule has 1 aromatic carbocycles. The van der Waals surface area contributed by atoms with Crippen molar-refractivity contribution in [2.24, 2.45) is 11.8 Å². The SMILES string of the molecule is CCCCC1(C2CCN(S(=O)(=O)c3ccccc3)CC2)N(CC2CCCCC2)C(=O)OC12CCNCC2. The first-order valence-electron chi connectivity index (χ1n) is 14.7. The van der Waals surface area contributed by atoms with E-state index in [0.29, 0.717) is 23.9 Å². The lowest BCUT2D eigenvalue weighted by Gasteiger charge is -2.55. The molecule has 1 aromatic rings. The zero-order valence-corrected chi connectivity index (χ0v) is 23.3. The minimum atomic E-state index is -3.51. The molecule has 8 heteroatoms. The smallest absolute Gasteiger partial charge is 0.411 e. The number of piperidine rings is 2. The van der Waals surface area contributed by atoms with Gasteiger partial charge in [-0.2, -0.15) is 4.31 Å². The number of sulfonamides is 1. The van der Waals surface area contributed by atoms with Crippen molar-refractivity contribution in [1.82, 2.24) is 14.5 Å². The van der Waals surface area contributed by atoms with Gasteiger partial charge in [0, 0.05) is 32.5 Å². The van der Waals surface area contributed by atoms with E-state index < -0.39 is 15.6 Å². The van der Waals surface area contributed by atoms with Gasteiger partial charge in [0.2, 0.25) is 10.0 Å². The molecule has 1 aliphatic carbocycles. The molecule has 1 amide bonds.